The monoisotopic (exact) mass is 425 g/mol. The van der Waals surface area contributed by atoms with E-state index >= 15 is 0 Å². The van der Waals surface area contributed by atoms with E-state index in [0.29, 0.717) is 30.0 Å². The summed E-state index contributed by atoms with van der Waals surface area (Å²) >= 11 is 5.08. The molecule has 1 saturated carbocycles. The number of hydrogen-bond acceptors (Lipinski definition) is 3. The van der Waals surface area contributed by atoms with E-state index in [0.717, 1.165) is 18.4 Å². The summed E-state index contributed by atoms with van der Waals surface area (Å²) in [6.45, 7) is 3.75. The molecule has 28 heavy (non-hydrogen) atoms. The first kappa shape index (κ1) is 21.5. The molecule has 3 rings (SSSR count). The lowest BCUT2D eigenvalue weighted by Crippen LogP contribution is -2.55. The van der Waals surface area contributed by atoms with Crippen LogP contribution in [0.2, 0.25) is 5.02 Å². The average molecular weight is 426 g/mol. The third kappa shape index (κ3) is 4.66. The van der Waals surface area contributed by atoms with Gasteiger partial charge in [0.25, 0.3) is 0 Å². The summed E-state index contributed by atoms with van der Waals surface area (Å²) in [6, 6.07) is 7.17. The van der Waals surface area contributed by atoms with E-state index in [9.17, 15) is 19.2 Å². The van der Waals surface area contributed by atoms with Crippen molar-refractivity contribution in [2.45, 2.75) is 69.7 Å². The van der Waals surface area contributed by atoms with Gasteiger partial charge in [0.2, 0.25) is 5.91 Å². The van der Waals surface area contributed by atoms with Crippen molar-refractivity contribution < 1.29 is 19.2 Å². The summed E-state index contributed by atoms with van der Waals surface area (Å²) in [5.41, 5.74) is 0.0641. The zero-order valence-corrected chi connectivity index (χ0v) is 18.0. The van der Waals surface area contributed by atoms with Crippen molar-refractivity contribution in [2.24, 2.45) is 5.41 Å². The van der Waals surface area contributed by atoms with Gasteiger partial charge in [0.15, 0.2) is 0 Å². The van der Waals surface area contributed by atoms with Crippen molar-refractivity contribution in [3.8, 4) is 0 Å². The van der Waals surface area contributed by atoms with E-state index in [4.69, 9.17) is 11.6 Å². The van der Waals surface area contributed by atoms with Crippen molar-refractivity contribution in [1.82, 2.24) is 4.90 Å². The van der Waals surface area contributed by atoms with Crippen molar-refractivity contribution in [3.05, 3.63) is 34.9 Å². The molecule has 0 bridgehead atoms. The third-order valence-corrected chi connectivity index (χ3v) is 8.15. The molecule has 1 aromatic rings. The molecule has 0 aromatic heterocycles. The van der Waals surface area contributed by atoms with Crippen molar-refractivity contribution in [2.75, 3.05) is 5.75 Å². The first-order chi connectivity index (χ1) is 13.2. The van der Waals surface area contributed by atoms with Crippen molar-refractivity contribution in [1.29, 1.82) is 0 Å². The molecule has 1 aliphatic carbocycles. The number of benzene rings is 1. The van der Waals surface area contributed by atoms with Gasteiger partial charge in [-0.15, -0.1) is 0 Å². The second-order valence-electron chi connectivity index (χ2n) is 8.26. The Morgan fingerprint density at radius 1 is 1.36 bits per heavy atom. The van der Waals surface area contributed by atoms with E-state index in [1.165, 1.54) is 0 Å². The highest BCUT2D eigenvalue weighted by Gasteiger charge is 2.49. The molecule has 1 aliphatic heterocycles. The predicted molar refractivity (Wildman–Crippen MR) is 111 cm³/mol. The fourth-order valence-corrected chi connectivity index (χ4v) is 5.97. The average Bonchev–Trinajstić information content (AvgIpc) is 3.48. The van der Waals surface area contributed by atoms with E-state index in [1.807, 2.05) is 36.1 Å². The lowest BCUT2D eigenvalue weighted by molar-refractivity contribution is -0.158. The molecule has 7 heteroatoms. The number of amides is 1. The molecule has 154 valence electrons. The van der Waals surface area contributed by atoms with E-state index in [1.54, 1.807) is 6.92 Å². The van der Waals surface area contributed by atoms with Gasteiger partial charge in [-0.2, -0.15) is 0 Å². The fraction of sp³-hybridized carbons (Fsp3) is 0.619. The van der Waals surface area contributed by atoms with E-state index in [-0.39, 0.29) is 29.7 Å². The number of piperidine rings is 1. The van der Waals surface area contributed by atoms with Crippen LogP contribution in [0, 0.1) is 5.41 Å². The molecule has 1 heterocycles. The van der Waals surface area contributed by atoms with Crippen LogP contribution in [0.3, 0.4) is 0 Å². The highest BCUT2D eigenvalue weighted by Crippen LogP contribution is 2.45. The molecular weight excluding hydrogens is 398 g/mol. The molecule has 1 N–H and O–H groups in total. The molecule has 0 spiro atoms. The topological polar surface area (TPSA) is 80.7 Å². The first-order valence-corrected chi connectivity index (χ1v) is 11.7. The number of carboxylic acids is 1. The molecular formula is C21H28ClNO4S. The maximum absolute atomic E-state index is 13.5. The number of carbonyl (C=O) groups is 2. The Bertz CT molecular complexity index is 724. The third-order valence-electron chi connectivity index (χ3n) is 5.97. The molecule has 3 unspecified atom stereocenters. The lowest BCUT2D eigenvalue weighted by Gasteiger charge is -2.47. The van der Waals surface area contributed by atoms with Crippen molar-refractivity contribution in [3.63, 3.8) is 0 Å². The van der Waals surface area contributed by atoms with Gasteiger partial charge in [0.1, 0.15) is 11.0 Å². The van der Waals surface area contributed by atoms with Crippen LogP contribution in [0.4, 0.5) is 0 Å². The molecule has 5 nitrogen and oxygen atoms in total. The minimum atomic E-state index is -0.963. The first-order valence-electron chi connectivity index (χ1n) is 9.92. The van der Waals surface area contributed by atoms with Crippen molar-refractivity contribution >= 4 is 34.7 Å². The van der Waals surface area contributed by atoms with Gasteiger partial charge in [0, 0.05) is 5.02 Å². The second-order valence-corrected chi connectivity index (χ2v) is 10.5. The highest BCUT2D eigenvalue weighted by molar-refractivity contribution is 7.92. The van der Waals surface area contributed by atoms with E-state index in [2.05, 4.69) is 0 Å². The molecule has 2 fully saturated rings. The maximum Gasteiger partial charge on any atom is 0.304 e. The summed E-state index contributed by atoms with van der Waals surface area (Å²) in [7, 11) is 0. The number of aliphatic carboxylic acids is 1. The Morgan fingerprint density at radius 3 is 2.54 bits per heavy atom. The second kappa shape index (κ2) is 8.64. The summed E-state index contributed by atoms with van der Waals surface area (Å²) in [4.78, 5) is 26.8. The number of nitrogens with zero attached hydrogens (tertiary/aromatic N) is 1. The number of halogens is 1. The predicted octanol–water partition coefficient (Wildman–Crippen LogP) is 4.17. The SMILES string of the molecule is CCC(C[S+]([O-])C1CC1)N1C(=O)[C@@](C)(CC(=O)O)CCC1c1ccc(Cl)cc1. The minimum Gasteiger partial charge on any atom is -0.616 e. The number of hydrogen-bond donors (Lipinski definition) is 1. The number of rotatable bonds is 8. The van der Waals surface area contributed by atoms with Crippen LogP contribution in [-0.2, 0) is 20.8 Å². The molecule has 2 aliphatic rings. The van der Waals surface area contributed by atoms with E-state index < -0.39 is 22.6 Å². The van der Waals surface area contributed by atoms with Gasteiger partial charge in [-0.3, -0.25) is 9.59 Å². The minimum absolute atomic E-state index is 0.138. The van der Waals surface area contributed by atoms with Gasteiger partial charge >= 0.3 is 5.97 Å². The van der Waals surface area contributed by atoms with Crippen LogP contribution in [0.15, 0.2) is 24.3 Å². The van der Waals surface area contributed by atoms with Crippen LogP contribution < -0.4 is 0 Å². The molecule has 0 radical (unpaired) electrons. The maximum atomic E-state index is 13.5. The normalized spacial score (nSPS) is 27.5. The van der Waals surface area contributed by atoms with Gasteiger partial charge in [0.05, 0.1) is 23.9 Å². The molecule has 1 saturated heterocycles. The Labute approximate surface area is 174 Å². The van der Waals surface area contributed by atoms with Gasteiger partial charge in [-0.05, 0) is 61.0 Å². The quantitative estimate of drug-likeness (QED) is 0.633. The molecule has 1 amide bonds. The van der Waals surface area contributed by atoms with Crippen LogP contribution in [0.1, 0.15) is 64.0 Å². The van der Waals surface area contributed by atoms with Crippen LogP contribution >= 0.6 is 11.6 Å². The fourth-order valence-electron chi connectivity index (χ4n) is 4.14. The molecule has 4 atom stereocenters. The van der Waals surface area contributed by atoms with Gasteiger partial charge < -0.3 is 14.6 Å². The van der Waals surface area contributed by atoms with Crippen LogP contribution in [-0.4, -0.2) is 43.5 Å². The lowest BCUT2D eigenvalue weighted by atomic mass is 9.74. The Hall–Kier alpha value is -1.24. The smallest absolute Gasteiger partial charge is 0.304 e. The number of carbonyl (C=O) groups excluding carboxylic acids is 1. The Morgan fingerprint density at radius 2 is 2.00 bits per heavy atom. The summed E-state index contributed by atoms with van der Waals surface area (Å²) in [6.07, 6.45) is 3.70. The molecule has 1 aromatic carbocycles. The zero-order chi connectivity index (χ0) is 20.5. The largest absolute Gasteiger partial charge is 0.616 e. The highest BCUT2D eigenvalue weighted by atomic mass is 35.5. The number of likely N-dealkylation sites (tertiary alicyclic amines) is 1. The standard InChI is InChI=1S/C21H28ClNO4S/c1-3-16(13-28(27)17-8-9-17)23-18(14-4-6-15(22)7-5-14)10-11-21(2,20(23)26)12-19(24)25/h4-7,16-18H,3,8-13H2,1-2H3,(H,24,25)/t16?,18?,21-,28?/m1/s1. The summed E-state index contributed by atoms with van der Waals surface area (Å²) in [5.74, 6) is -0.642. The Kier molecular flexibility index (Phi) is 6.62. The van der Waals surface area contributed by atoms with Crippen LogP contribution in [0.25, 0.3) is 0 Å². The summed E-state index contributed by atoms with van der Waals surface area (Å²) < 4.78 is 12.6. The zero-order valence-electron chi connectivity index (χ0n) is 16.4. The van der Waals surface area contributed by atoms with Gasteiger partial charge in [-0.1, -0.05) is 37.6 Å². The Balaban J connectivity index is 1.92. The van der Waals surface area contributed by atoms with Crippen LogP contribution in [0.5, 0.6) is 0 Å². The summed E-state index contributed by atoms with van der Waals surface area (Å²) in [5, 5.41) is 10.2. The van der Waals surface area contributed by atoms with Gasteiger partial charge in [-0.25, -0.2) is 0 Å². The number of carboxylic acid groups (broad SMARTS) is 1.